The summed E-state index contributed by atoms with van der Waals surface area (Å²) in [6, 6.07) is 21.9. The molecule has 9 heteroatoms. The summed E-state index contributed by atoms with van der Waals surface area (Å²) in [6.07, 6.45) is 0. The van der Waals surface area contributed by atoms with Crippen LogP contribution in [0.4, 0.5) is 11.4 Å². The van der Waals surface area contributed by atoms with Crippen LogP contribution in [0.15, 0.2) is 94.1 Å². The van der Waals surface area contributed by atoms with Crippen LogP contribution in [-0.2, 0) is 0 Å². The van der Waals surface area contributed by atoms with Crippen molar-refractivity contribution >= 4 is 34.3 Å². The van der Waals surface area contributed by atoms with Gasteiger partial charge < -0.3 is 30.1 Å². The van der Waals surface area contributed by atoms with Gasteiger partial charge >= 0.3 is 11.9 Å². The Morgan fingerprint density at radius 1 is 0.750 bits per heavy atom. The zero-order valence-corrected chi connectivity index (χ0v) is 21.6. The van der Waals surface area contributed by atoms with Crippen molar-refractivity contribution in [2.24, 2.45) is 0 Å². The fourth-order valence-electron chi connectivity index (χ4n) is 4.15. The molecule has 4 aromatic carbocycles. The molecule has 1 heterocycles. The molecule has 0 aliphatic heterocycles. The number of hydrogen-bond donors (Lipinski definition) is 2. The SMILES string of the molecule is COc1ccc2oc(-c3ccc(OC(=O)c4cccc(N)c4)cc3OC(=O)c3cccc(N)c3)c(C)c(=O)c2c1. The topological polar surface area (TPSA) is 144 Å². The van der Waals surface area contributed by atoms with Crippen LogP contribution in [0.1, 0.15) is 26.3 Å². The van der Waals surface area contributed by atoms with Crippen molar-refractivity contribution in [2.45, 2.75) is 6.92 Å². The molecule has 0 bridgehead atoms. The van der Waals surface area contributed by atoms with Crippen LogP contribution < -0.4 is 31.1 Å². The number of nitrogens with two attached hydrogens (primary N) is 2. The maximum Gasteiger partial charge on any atom is 0.343 e. The van der Waals surface area contributed by atoms with Gasteiger partial charge in [0.1, 0.15) is 28.6 Å². The van der Waals surface area contributed by atoms with Gasteiger partial charge in [-0.15, -0.1) is 0 Å². The lowest BCUT2D eigenvalue weighted by Crippen LogP contribution is -2.12. The monoisotopic (exact) mass is 536 g/mol. The number of hydrogen-bond acceptors (Lipinski definition) is 9. The summed E-state index contributed by atoms with van der Waals surface area (Å²) < 4.78 is 22.6. The Balaban J connectivity index is 1.60. The van der Waals surface area contributed by atoms with Crippen molar-refractivity contribution in [3.05, 3.63) is 112 Å². The summed E-state index contributed by atoms with van der Waals surface area (Å²) in [7, 11) is 1.51. The van der Waals surface area contributed by atoms with Crippen LogP contribution in [0.5, 0.6) is 17.2 Å². The third-order valence-electron chi connectivity index (χ3n) is 6.18. The van der Waals surface area contributed by atoms with Crippen LogP contribution >= 0.6 is 0 Å². The fraction of sp³-hybridized carbons (Fsp3) is 0.0645. The number of carbonyl (C=O) groups excluding carboxylic acids is 2. The van der Waals surface area contributed by atoms with E-state index in [0.717, 1.165) is 0 Å². The van der Waals surface area contributed by atoms with Crippen LogP contribution in [0.3, 0.4) is 0 Å². The molecular formula is C31H24N2O7. The molecule has 0 unspecified atom stereocenters. The van der Waals surface area contributed by atoms with Crippen LogP contribution in [0, 0.1) is 6.92 Å². The van der Waals surface area contributed by atoms with Gasteiger partial charge in [-0.2, -0.15) is 0 Å². The van der Waals surface area contributed by atoms with E-state index in [1.165, 1.54) is 31.4 Å². The molecule has 200 valence electrons. The predicted octanol–water partition coefficient (Wildman–Crippen LogP) is 5.38. The number of methoxy groups -OCH3 is 1. The molecule has 0 spiro atoms. The molecule has 0 aliphatic rings. The number of anilines is 2. The highest BCUT2D eigenvalue weighted by Crippen LogP contribution is 2.37. The molecule has 5 rings (SSSR count). The summed E-state index contributed by atoms with van der Waals surface area (Å²) in [6.45, 7) is 1.61. The Labute approximate surface area is 228 Å². The predicted molar refractivity (Wildman–Crippen MR) is 151 cm³/mol. The maximum atomic E-state index is 13.3. The number of benzene rings is 4. The molecule has 4 N–H and O–H groups in total. The van der Waals surface area contributed by atoms with Gasteiger partial charge in [0.15, 0.2) is 5.43 Å². The number of carbonyl (C=O) groups is 2. The van der Waals surface area contributed by atoms with Gasteiger partial charge in [-0.25, -0.2) is 9.59 Å². The van der Waals surface area contributed by atoms with Gasteiger partial charge in [0.05, 0.1) is 29.2 Å². The van der Waals surface area contributed by atoms with Gasteiger partial charge in [-0.05, 0) is 73.7 Å². The lowest BCUT2D eigenvalue weighted by atomic mass is 10.0. The summed E-state index contributed by atoms with van der Waals surface area (Å²) in [5, 5.41) is 0.339. The standard InChI is InChI=1S/C31H24N2O7/c1-17-28(34)25-15-22(37-2)10-12-26(25)39-29(17)24-11-9-23(38-30(35)18-5-3-7-20(32)13-18)16-27(24)40-31(36)19-6-4-8-21(33)14-19/h3-16H,32-33H2,1-2H3. The van der Waals surface area contributed by atoms with Gasteiger partial charge in [0, 0.05) is 23.0 Å². The fourth-order valence-corrected chi connectivity index (χ4v) is 4.15. The van der Waals surface area contributed by atoms with Gasteiger partial charge in [0.2, 0.25) is 0 Å². The second kappa shape index (κ2) is 10.7. The van der Waals surface area contributed by atoms with Crippen LogP contribution in [0.2, 0.25) is 0 Å². The molecule has 1 aromatic heterocycles. The highest BCUT2D eigenvalue weighted by Gasteiger charge is 2.21. The minimum Gasteiger partial charge on any atom is -0.497 e. The van der Waals surface area contributed by atoms with Crippen molar-refractivity contribution in [3.8, 4) is 28.6 Å². The lowest BCUT2D eigenvalue weighted by molar-refractivity contribution is 0.0733. The Kier molecular flexibility index (Phi) is 6.94. The third-order valence-corrected chi connectivity index (χ3v) is 6.18. The Hall–Kier alpha value is -5.57. The first-order valence-corrected chi connectivity index (χ1v) is 12.1. The summed E-state index contributed by atoms with van der Waals surface area (Å²) >= 11 is 0. The molecule has 0 radical (unpaired) electrons. The first-order chi connectivity index (χ1) is 19.2. The molecule has 0 saturated heterocycles. The Bertz CT molecular complexity index is 1840. The van der Waals surface area contributed by atoms with E-state index in [1.807, 2.05) is 0 Å². The van der Waals surface area contributed by atoms with E-state index in [0.29, 0.717) is 33.7 Å². The maximum absolute atomic E-state index is 13.3. The van der Waals surface area contributed by atoms with Crippen LogP contribution in [0.25, 0.3) is 22.3 Å². The smallest absolute Gasteiger partial charge is 0.343 e. The van der Waals surface area contributed by atoms with E-state index in [1.54, 1.807) is 67.6 Å². The first-order valence-electron chi connectivity index (χ1n) is 12.1. The quantitative estimate of drug-likeness (QED) is 0.166. The average Bonchev–Trinajstić information content (AvgIpc) is 2.95. The highest BCUT2D eigenvalue weighted by molar-refractivity contribution is 5.94. The number of nitrogen functional groups attached to an aromatic ring is 2. The van der Waals surface area contributed by atoms with E-state index in [2.05, 4.69) is 0 Å². The second-order valence-corrected chi connectivity index (χ2v) is 8.94. The molecule has 0 amide bonds. The Morgan fingerprint density at radius 2 is 1.38 bits per heavy atom. The Morgan fingerprint density at radius 3 is 2.00 bits per heavy atom. The summed E-state index contributed by atoms with van der Waals surface area (Å²) in [5.74, 6) is -0.572. The lowest BCUT2D eigenvalue weighted by Gasteiger charge is -2.14. The average molecular weight is 537 g/mol. The van der Waals surface area contributed by atoms with Gasteiger partial charge in [-0.3, -0.25) is 4.79 Å². The molecule has 0 saturated carbocycles. The summed E-state index contributed by atoms with van der Waals surface area (Å²) in [5.41, 5.74) is 13.5. The van der Waals surface area contributed by atoms with E-state index in [-0.39, 0.29) is 39.4 Å². The highest BCUT2D eigenvalue weighted by atomic mass is 16.5. The molecule has 40 heavy (non-hydrogen) atoms. The third kappa shape index (κ3) is 5.21. The molecule has 9 nitrogen and oxygen atoms in total. The van der Waals surface area contributed by atoms with Crippen molar-refractivity contribution in [1.82, 2.24) is 0 Å². The molecule has 5 aromatic rings. The largest absolute Gasteiger partial charge is 0.497 e. The van der Waals surface area contributed by atoms with Crippen molar-refractivity contribution in [3.63, 3.8) is 0 Å². The van der Waals surface area contributed by atoms with Crippen LogP contribution in [-0.4, -0.2) is 19.0 Å². The molecular weight excluding hydrogens is 512 g/mol. The van der Waals surface area contributed by atoms with Crippen molar-refractivity contribution in [2.75, 3.05) is 18.6 Å². The molecule has 0 aliphatic carbocycles. The number of ether oxygens (including phenoxy) is 3. The number of rotatable bonds is 6. The minimum absolute atomic E-state index is 0.00408. The van der Waals surface area contributed by atoms with E-state index in [4.69, 9.17) is 30.1 Å². The normalized spacial score (nSPS) is 10.8. The minimum atomic E-state index is -0.710. The van der Waals surface area contributed by atoms with Crippen molar-refractivity contribution in [1.29, 1.82) is 0 Å². The van der Waals surface area contributed by atoms with Gasteiger partial charge in [0.25, 0.3) is 0 Å². The summed E-state index contributed by atoms with van der Waals surface area (Å²) in [4.78, 5) is 39.1. The number of fused-ring (bicyclic) bond motifs is 1. The van der Waals surface area contributed by atoms with E-state index >= 15 is 0 Å². The molecule has 0 atom stereocenters. The zero-order valence-electron chi connectivity index (χ0n) is 21.6. The number of esters is 2. The van der Waals surface area contributed by atoms with E-state index < -0.39 is 11.9 Å². The van der Waals surface area contributed by atoms with E-state index in [9.17, 15) is 14.4 Å². The van der Waals surface area contributed by atoms with Gasteiger partial charge in [-0.1, -0.05) is 12.1 Å². The second-order valence-electron chi connectivity index (χ2n) is 8.94. The molecule has 0 fully saturated rings. The zero-order chi connectivity index (χ0) is 28.4. The van der Waals surface area contributed by atoms with Crippen molar-refractivity contribution < 1.29 is 28.2 Å². The first kappa shape index (κ1) is 26.1.